The number of cyclic esters (lactones) is 1. The molecule has 3 aliphatic rings. The number of hydrogen-bond acceptors (Lipinski definition) is 21. The molecule has 8 amide bonds. The Bertz CT molecular complexity index is 3490. The molecule has 4 aromatic rings. The van der Waals surface area contributed by atoms with Crippen LogP contribution < -0.4 is 43.2 Å². The van der Waals surface area contributed by atoms with Crippen molar-refractivity contribution in [1.29, 1.82) is 0 Å². The van der Waals surface area contributed by atoms with E-state index in [-0.39, 0.29) is 70.9 Å². The van der Waals surface area contributed by atoms with Gasteiger partial charge in [0.15, 0.2) is 0 Å². The molecule has 4 heterocycles. The van der Waals surface area contributed by atoms with Crippen molar-refractivity contribution in [1.82, 2.24) is 41.0 Å². The van der Waals surface area contributed by atoms with Crippen LogP contribution in [0.25, 0.3) is 22.3 Å². The molecule has 0 radical (unpaired) electrons. The number of nitrogens with one attached hydrogen (secondary N) is 6. The van der Waals surface area contributed by atoms with Gasteiger partial charge in [-0.05, 0) is 97.4 Å². The number of pyridine rings is 2. The third kappa shape index (κ3) is 24.8. The van der Waals surface area contributed by atoms with E-state index >= 15 is 4.39 Å². The Balaban J connectivity index is 0.763. The molecular formula is C70H99FN10O20. The highest BCUT2D eigenvalue weighted by molar-refractivity contribution is 5.97. The number of fused-ring (bicyclic) bond motifs is 5. The molecule has 101 heavy (non-hydrogen) atoms. The normalized spacial score (nSPS) is 14.8. The number of aryl methyl sites for hydroxylation is 1. The lowest BCUT2D eigenvalue weighted by molar-refractivity contribution is -0.148. The molecule has 0 spiro atoms. The van der Waals surface area contributed by atoms with Crippen LogP contribution in [0.2, 0.25) is 0 Å². The molecule has 7 rings (SSSR count). The minimum atomic E-state index is -1.21. The van der Waals surface area contributed by atoms with E-state index in [1.54, 1.807) is 49.6 Å². The number of nitrogens with zero attached hydrogens (tertiary/aromatic N) is 3. The van der Waals surface area contributed by atoms with Crippen LogP contribution in [-0.2, 0) is 107 Å². The average molecular weight is 1420 g/mol. The number of likely N-dealkylation sites (N-methyl/N-ethyl adjacent to an activating group) is 1. The van der Waals surface area contributed by atoms with E-state index in [1.165, 1.54) is 13.1 Å². The molecule has 556 valence electrons. The van der Waals surface area contributed by atoms with Crippen molar-refractivity contribution in [2.24, 2.45) is 11.7 Å². The van der Waals surface area contributed by atoms with E-state index in [4.69, 9.17) is 62.8 Å². The Morgan fingerprint density at radius 1 is 0.733 bits per heavy atom. The first kappa shape index (κ1) is 80.0. The molecule has 2 aromatic carbocycles. The Labute approximate surface area is 586 Å². The van der Waals surface area contributed by atoms with Crippen LogP contribution in [0.4, 0.5) is 19.7 Å². The van der Waals surface area contributed by atoms with E-state index in [2.05, 4.69) is 38.8 Å². The van der Waals surface area contributed by atoms with Gasteiger partial charge in [0.1, 0.15) is 31.1 Å². The first-order chi connectivity index (χ1) is 48.8. The van der Waals surface area contributed by atoms with Crippen LogP contribution in [-0.4, -0.2) is 220 Å². The highest BCUT2D eigenvalue weighted by Gasteiger charge is 2.38. The van der Waals surface area contributed by atoms with Crippen molar-refractivity contribution in [3.63, 3.8) is 0 Å². The fourth-order valence-corrected chi connectivity index (χ4v) is 11.7. The molecule has 0 saturated heterocycles. The first-order valence-corrected chi connectivity index (χ1v) is 34.5. The lowest BCUT2D eigenvalue weighted by Gasteiger charge is -2.29. The summed E-state index contributed by atoms with van der Waals surface area (Å²) in [4.78, 5) is 124. The number of anilines is 1. The Morgan fingerprint density at radius 3 is 1.88 bits per heavy atom. The molecule has 2 aliphatic heterocycles. The molecule has 1 unspecified atom stereocenters. The smallest absolute Gasteiger partial charge is 0.407 e. The zero-order chi connectivity index (χ0) is 72.6. The van der Waals surface area contributed by atoms with Crippen LogP contribution in [0.15, 0.2) is 41.2 Å². The Hall–Kier alpha value is -8.27. The number of amides is 8. The van der Waals surface area contributed by atoms with E-state index in [1.807, 2.05) is 13.0 Å². The number of rotatable bonds is 47. The molecule has 0 saturated carbocycles. The number of aromatic nitrogens is 2. The number of ether oxygens (including phenoxy) is 11. The summed E-state index contributed by atoms with van der Waals surface area (Å²) in [7, 11) is 1.37. The average Bonchev–Trinajstić information content (AvgIpc) is 1.62. The molecule has 30 nitrogen and oxygen atoms in total. The third-order valence-electron chi connectivity index (χ3n) is 17.0. The van der Waals surface area contributed by atoms with Crippen LogP contribution in [0.5, 0.6) is 0 Å². The van der Waals surface area contributed by atoms with Gasteiger partial charge in [-0.1, -0.05) is 39.8 Å². The van der Waals surface area contributed by atoms with Crippen molar-refractivity contribution in [2.45, 2.75) is 123 Å². The van der Waals surface area contributed by atoms with Crippen LogP contribution in [0.3, 0.4) is 0 Å². The van der Waals surface area contributed by atoms with Gasteiger partial charge in [-0.3, -0.25) is 33.6 Å². The first-order valence-electron chi connectivity index (χ1n) is 34.5. The summed E-state index contributed by atoms with van der Waals surface area (Å²) in [6, 6.07) is 6.02. The molecule has 4 atom stereocenters. The summed E-state index contributed by atoms with van der Waals surface area (Å²) in [6.07, 6.45) is 1.69. The van der Waals surface area contributed by atoms with Gasteiger partial charge in [-0.15, -0.1) is 0 Å². The monoisotopic (exact) mass is 1420 g/mol. The maximum Gasteiger partial charge on any atom is 0.407 e. The van der Waals surface area contributed by atoms with Crippen LogP contribution in [0.1, 0.15) is 117 Å². The van der Waals surface area contributed by atoms with Gasteiger partial charge in [-0.25, -0.2) is 19.0 Å². The second-order valence-electron chi connectivity index (χ2n) is 24.7. The van der Waals surface area contributed by atoms with Crippen molar-refractivity contribution >= 4 is 64.2 Å². The maximum atomic E-state index is 15.4. The minimum absolute atomic E-state index is 0.0135. The van der Waals surface area contributed by atoms with E-state index in [0.29, 0.717) is 168 Å². The SMILES string of the molecule is CCCOCCOCCOCCOCCOCCOCCOCCOCCOCCC(=O)NC(C(=O)N[C@@H](CCCNC(N)=O)C(=O)NCC(=O)N(C)CC(=O)Nc1ccc(COC(=O)N[C@H]2CCc3c(C)c(F)cc4nc5c(c2c34)Cn2c-5cc3c(c2=O)COC(=O)[C@@H]3CC)cc1)C(C)C. The maximum absolute atomic E-state index is 15.4. The second-order valence-corrected chi connectivity index (χ2v) is 24.7. The Kier molecular flexibility index (Phi) is 33.5. The molecule has 31 heteroatoms. The summed E-state index contributed by atoms with van der Waals surface area (Å²) < 4.78 is 77.5. The number of esters is 1. The van der Waals surface area contributed by atoms with Gasteiger partial charge in [0, 0.05) is 49.3 Å². The van der Waals surface area contributed by atoms with Crippen molar-refractivity contribution in [3.05, 3.63) is 91.5 Å². The lowest BCUT2D eigenvalue weighted by atomic mass is 9.81. The number of halogens is 1. The van der Waals surface area contributed by atoms with Gasteiger partial charge in [-0.2, -0.15) is 0 Å². The topological polar surface area (TPSA) is 374 Å². The van der Waals surface area contributed by atoms with Crippen molar-refractivity contribution < 1.29 is 94.9 Å². The standard InChI is InChI=1S/C70H99FN10O20/c1-7-19-91-21-23-93-25-27-95-29-31-97-33-35-99-36-34-98-32-30-96-28-26-94-24-22-92-20-17-58(82)79-63(44(3)4)66(86)77-55(10-9-18-73-69(72)89)65(85)74-39-60(84)80(6)41-59(83)75-47-13-11-46(12-14-47)42-101-70(90)78-54-16-15-49-45(5)53(71)38-56-61(49)62(54)51-40-81-57(64(51)76-56)37-50-48(8-2)68(88)100-43-52(50)67(81)87/h11-14,37-38,44,48,54-55,63H,7-10,15-36,39-43H2,1-6H3,(H,74,85)(H,75,83)(H,77,86)(H,78,90)(H,79,82)(H3,72,73,89)/t48-,54+,55+,63?/m1/s1. The highest BCUT2D eigenvalue weighted by atomic mass is 19.1. The quantitative estimate of drug-likeness (QED) is 0.0215. The van der Waals surface area contributed by atoms with Gasteiger partial charge < -0.3 is 99.2 Å². The molecular weight excluding hydrogens is 1320 g/mol. The van der Waals surface area contributed by atoms with Crippen LogP contribution >= 0.6 is 0 Å². The number of alkyl carbamates (subject to hydrolysis) is 1. The third-order valence-corrected chi connectivity index (χ3v) is 17.0. The number of nitrogens with two attached hydrogens (primary N) is 1. The van der Waals surface area contributed by atoms with Crippen molar-refractivity contribution in [3.8, 4) is 11.4 Å². The Morgan fingerprint density at radius 2 is 1.32 bits per heavy atom. The van der Waals surface area contributed by atoms with Gasteiger partial charge in [0.05, 0.1) is 166 Å². The lowest BCUT2D eigenvalue weighted by Crippen LogP contribution is -2.56. The number of primary amides is 1. The zero-order valence-corrected chi connectivity index (χ0v) is 58.7. The zero-order valence-electron chi connectivity index (χ0n) is 58.7. The van der Waals surface area contributed by atoms with Gasteiger partial charge >= 0.3 is 18.1 Å². The fraction of sp³-hybridized carbons (Fsp3) is 0.600. The summed E-state index contributed by atoms with van der Waals surface area (Å²) in [5.74, 6) is -4.93. The predicted octanol–water partition coefficient (Wildman–Crippen LogP) is 3.87. The molecule has 2 aromatic heterocycles. The molecule has 0 bridgehead atoms. The second kappa shape index (κ2) is 42.2. The number of carbonyl (C=O) groups excluding carboxylic acids is 8. The predicted molar refractivity (Wildman–Crippen MR) is 366 cm³/mol. The molecule has 1 aliphatic carbocycles. The molecule has 0 fully saturated rings. The summed E-state index contributed by atoms with van der Waals surface area (Å²) in [5.41, 5.74) is 10.9. The van der Waals surface area contributed by atoms with Crippen molar-refractivity contribution in [2.75, 3.05) is 151 Å². The summed E-state index contributed by atoms with van der Waals surface area (Å²) in [6.45, 7) is 15.6. The molecule has 8 N–H and O–H groups in total. The fourth-order valence-electron chi connectivity index (χ4n) is 11.7. The minimum Gasteiger partial charge on any atom is -0.460 e. The van der Waals surface area contributed by atoms with E-state index in [9.17, 15) is 43.2 Å². The number of urea groups is 1. The summed E-state index contributed by atoms with van der Waals surface area (Å²) in [5, 5.41) is 16.8. The van der Waals surface area contributed by atoms with Crippen LogP contribution in [0, 0.1) is 18.7 Å². The number of carbonyl (C=O) groups is 8. The highest BCUT2D eigenvalue weighted by Crippen LogP contribution is 2.45. The number of benzene rings is 2. The van der Waals surface area contributed by atoms with Gasteiger partial charge in [0.25, 0.3) is 5.56 Å². The summed E-state index contributed by atoms with van der Waals surface area (Å²) >= 11 is 0. The number of hydrogen-bond donors (Lipinski definition) is 7. The van der Waals surface area contributed by atoms with Gasteiger partial charge in [0.2, 0.25) is 29.5 Å². The largest absolute Gasteiger partial charge is 0.460 e. The van der Waals surface area contributed by atoms with E-state index < -0.39 is 96.5 Å². The van der Waals surface area contributed by atoms with E-state index in [0.717, 1.165) is 29.1 Å².